The first kappa shape index (κ1) is 21.4. The molecule has 2 aliphatic heterocycles. The van der Waals surface area contributed by atoms with Crippen LogP contribution < -0.4 is 20.3 Å². The van der Waals surface area contributed by atoms with Gasteiger partial charge in [-0.2, -0.15) is 0 Å². The molecule has 168 valence electrons. The number of carbonyl (C=O) groups excluding carboxylic acids is 1. The summed E-state index contributed by atoms with van der Waals surface area (Å²) in [7, 11) is 0. The van der Waals surface area contributed by atoms with Crippen molar-refractivity contribution < 1.29 is 13.9 Å². The number of aryl methyl sites for hydroxylation is 2. The van der Waals surface area contributed by atoms with Crippen LogP contribution in [0.5, 0.6) is 5.75 Å². The monoisotopic (exact) mass is 461 g/mol. The predicted molar refractivity (Wildman–Crippen MR) is 131 cm³/mol. The van der Waals surface area contributed by atoms with Crippen molar-refractivity contribution in [2.45, 2.75) is 32.5 Å². The number of nitrogens with one attached hydrogen (secondary N) is 2. The number of halogens is 1. The Hall–Kier alpha value is -3.45. The molecular weight excluding hydrogens is 437 g/mol. The highest BCUT2D eigenvalue weighted by Gasteiger charge is 2.59. The van der Waals surface area contributed by atoms with E-state index >= 15 is 0 Å². The molecular formula is C26H24FN3O2S. The number of ether oxygens (including phenoxy) is 1. The lowest BCUT2D eigenvalue weighted by atomic mass is 9.78. The number of para-hydroxylation sites is 1. The number of thiocarbonyl (C=S) groups is 1. The maximum absolute atomic E-state index is 13.8. The number of nitrogens with zero attached hydrogens (tertiary/aromatic N) is 1. The zero-order valence-corrected chi connectivity index (χ0v) is 19.4. The molecule has 0 aromatic heterocycles. The number of rotatable bonds is 3. The SMILES string of the molecule is Cc1ccc(NC(=O)[C@@H]2[C@H]3NC(=S)N(c4ccc(F)cc4)[C@@]2(C)Oc2ccccc23)c(C)c1. The van der Waals surface area contributed by atoms with Crippen LogP contribution in [0, 0.1) is 25.6 Å². The molecule has 0 unspecified atom stereocenters. The van der Waals surface area contributed by atoms with Gasteiger partial charge in [0.15, 0.2) is 10.8 Å². The Morgan fingerprint density at radius 1 is 1.12 bits per heavy atom. The van der Waals surface area contributed by atoms with E-state index in [1.54, 1.807) is 17.0 Å². The second-order valence-electron chi connectivity index (χ2n) is 8.72. The smallest absolute Gasteiger partial charge is 0.236 e. The van der Waals surface area contributed by atoms with Crippen molar-refractivity contribution in [3.8, 4) is 5.75 Å². The minimum absolute atomic E-state index is 0.189. The van der Waals surface area contributed by atoms with Gasteiger partial charge in [0, 0.05) is 16.9 Å². The third-order valence-electron chi connectivity index (χ3n) is 6.41. The minimum Gasteiger partial charge on any atom is -0.467 e. The molecule has 0 spiro atoms. The van der Waals surface area contributed by atoms with Crippen molar-refractivity contribution >= 4 is 34.6 Å². The predicted octanol–water partition coefficient (Wildman–Crippen LogP) is 5.24. The van der Waals surface area contributed by atoms with Gasteiger partial charge < -0.3 is 15.4 Å². The number of anilines is 2. The number of amides is 1. The maximum Gasteiger partial charge on any atom is 0.236 e. The zero-order chi connectivity index (χ0) is 23.3. The molecule has 0 radical (unpaired) electrons. The molecule has 5 rings (SSSR count). The van der Waals surface area contributed by atoms with E-state index in [0.29, 0.717) is 16.5 Å². The maximum atomic E-state index is 13.8. The number of hydrogen-bond donors (Lipinski definition) is 2. The third kappa shape index (κ3) is 3.53. The van der Waals surface area contributed by atoms with Gasteiger partial charge in [0.2, 0.25) is 5.91 Å². The van der Waals surface area contributed by atoms with Gasteiger partial charge in [-0.25, -0.2) is 4.39 Å². The number of hydrogen-bond acceptors (Lipinski definition) is 3. The molecule has 3 atom stereocenters. The molecule has 0 aliphatic carbocycles. The Bertz CT molecular complexity index is 1260. The lowest BCUT2D eigenvalue weighted by Gasteiger charge is -2.56. The molecule has 3 aromatic carbocycles. The van der Waals surface area contributed by atoms with Crippen molar-refractivity contribution in [1.82, 2.24) is 5.32 Å². The molecule has 3 aromatic rings. The Kier molecular flexibility index (Phi) is 5.09. The molecule has 2 bridgehead atoms. The number of carbonyl (C=O) groups is 1. The van der Waals surface area contributed by atoms with E-state index in [1.165, 1.54) is 12.1 Å². The van der Waals surface area contributed by atoms with Gasteiger partial charge >= 0.3 is 0 Å². The molecule has 5 nitrogen and oxygen atoms in total. The third-order valence-corrected chi connectivity index (χ3v) is 6.71. The molecule has 1 fully saturated rings. The molecule has 2 N–H and O–H groups in total. The molecule has 0 saturated carbocycles. The van der Waals surface area contributed by atoms with E-state index in [0.717, 1.165) is 22.4 Å². The minimum atomic E-state index is -1.14. The summed E-state index contributed by atoms with van der Waals surface area (Å²) in [5.41, 5.74) is 3.23. The summed E-state index contributed by atoms with van der Waals surface area (Å²) in [4.78, 5) is 15.6. The van der Waals surface area contributed by atoms with Crippen molar-refractivity contribution in [3.63, 3.8) is 0 Å². The van der Waals surface area contributed by atoms with Gasteiger partial charge in [-0.3, -0.25) is 9.69 Å². The van der Waals surface area contributed by atoms with Crippen LogP contribution in [0.25, 0.3) is 0 Å². The van der Waals surface area contributed by atoms with Gasteiger partial charge in [0.25, 0.3) is 0 Å². The highest BCUT2D eigenvalue weighted by molar-refractivity contribution is 7.80. The average molecular weight is 462 g/mol. The summed E-state index contributed by atoms with van der Waals surface area (Å²) in [6.07, 6.45) is 0. The van der Waals surface area contributed by atoms with Crippen molar-refractivity contribution in [2.75, 3.05) is 10.2 Å². The van der Waals surface area contributed by atoms with Crippen LogP contribution in [-0.4, -0.2) is 16.7 Å². The van der Waals surface area contributed by atoms with Crippen molar-refractivity contribution in [2.24, 2.45) is 5.92 Å². The van der Waals surface area contributed by atoms with Gasteiger partial charge in [-0.15, -0.1) is 0 Å². The van der Waals surface area contributed by atoms with Crippen LogP contribution >= 0.6 is 12.2 Å². The fourth-order valence-electron chi connectivity index (χ4n) is 4.87. The Labute approximate surface area is 197 Å². The van der Waals surface area contributed by atoms with E-state index in [9.17, 15) is 9.18 Å². The Morgan fingerprint density at radius 2 is 1.85 bits per heavy atom. The fourth-order valence-corrected chi connectivity index (χ4v) is 5.29. The van der Waals surface area contributed by atoms with Gasteiger partial charge in [0.05, 0.1) is 6.04 Å². The molecule has 1 saturated heterocycles. The summed E-state index contributed by atoms with van der Waals surface area (Å²) in [5.74, 6) is -0.504. The summed E-state index contributed by atoms with van der Waals surface area (Å²) < 4.78 is 20.2. The lowest BCUT2D eigenvalue weighted by molar-refractivity contribution is -0.130. The second kappa shape index (κ2) is 7.85. The Balaban J connectivity index is 1.61. The molecule has 2 aliphatic rings. The van der Waals surface area contributed by atoms with Crippen molar-refractivity contribution in [1.29, 1.82) is 0 Å². The lowest BCUT2D eigenvalue weighted by Crippen LogP contribution is -2.72. The van der Waals surface area contributed by atoms with E-state index in [1.807, 2.05) is 63.2 Å². The largest absolute Gasteiger partial charge is 0.467 e. The summed E-state index contributed by atoms with van der Waals surface area (Å²) in [5, 5.41) is 6.87. The summed E-state index contributed by atoms with van der Waals surface area (Å²) >= 11 is 5.71. The van der Waals surface area contributed by atoms with Crippen LogP contribution in [0.2, 0.25) is 0 Å². The van der Waals surface area contributed by atoms with Gasteiger partial charge in [-0.1, -0.05) is 35.9 Å². The van der Waals surface area contributed by atoms with Crippen LogP contribution in [0.15, 0.2) is 66.7 Å². The van der Waals surface area contributed by atoms with Crippen LogP contribution in [0.4, 0.5) is 15.8 Å². The van der Waals surface area contributed by atoms with Crippen LogP contribution in [0.1, 0.15) is 29.7 Å². The van der Waals surface area contributed by atoms with Crippen LogP contribution in [-0.2, 0) is 4.79 Å². The van der Waals surface area contributed by atoms with Gasteiger partial charge in [-0.05, 0) is 75.0 Å². The number of benzene rings is 3. The van der Waals surface area contributed by atoms with E-state index in [-0.39, 0.29) is 17.8 Å². The van der Waals surface area contributed by atoms with Gasteiger partial charge in [0.1, 0.15) is 17.5 Å². The highest BCUT2D eigenvalue weighted by atomic mass is 32.1. The standard InChI is InChI=1S/C26H24FN3O2S/c1-15-8-13-20(16(2)14-15)28-24(31)22-23-19-6-4-5-7-21(19)32-26(22,3)30(25(33)29-23)18-11-9-17(27)10-12-18/h4-14,22-23H,1-3H3,(H,28,31)(H,29,33)/t22-,23-,26-/m0/s1. The fraction of sp³-hybridized carbons (Fsp3) is 0.231. The second-order valence-corrected chi connectivity index (χ2v) is 9.11. The highest BCUT2D eigenvalue weighted by Crippen LogP contribution is 2.49. The Morgan fingerprint density at radius 3 is 2.58 bits per heavy atom. The quantitative estimate of drug-likeness (QED) is 0.523. The van der Waals surface area contributed by atoms with E-state index < -0.39 is 11.6 Å². The topological polar surface area (TPSA) is 53.6 Å². The summed E-state index contributed by atoms with van der Waals surface area (Å²) in [6, 6.07) is 19.2. The first-order valence-corrected chi connectivity index (χ1v) is 11.2. The first-order chi connectivity index (χ1) is 15.8. The number of fused-ring (bicyclic) bond motifs is 4. The van der Waals surface area contributed by atoms with E-state index in [4.69, 9.17) is 17.0 Å². The molecule has 1 amide bonds. The normalized spacial score (nSPS) is 23.3. The van der Waals surface area contributed by atoms with E-state index in [2.05, 4.69) is 10.6 Å². The zero-order valence-electron chi connectivity index (χ0n) is 18.6. The van der Waals surface area contributed by atoms with Crippen LogP contribution in [0.3, 0.4) is 0 Å². The molecule has 2 heterocycles. The van der Waals surface area contributed by atoms with Crippen molar-refractivity contribution in [3.05, 3.63) is 89.2 Å². The summed E-state index contributed by atoms with van der Waals surface area (Å²) in [6.45, 7) is 5.84. The molecule has 33 heavy (non-hydrogen) atoms. The molecule has 7 heteroatoms. The average Bonchev–Trinajstić information content (AvgIpc) is 2.76. The first-order valence-electron chi connectivity index (χ1n) is 10.8.